The van der Waals surface area contributed by atoms with Crippen LogP contribution >= 0.6 is 15.9 Å². The van der Waals surface area contributed by atoms with Gasteiger partial charge < -0.3 is 15.2 Å². The fourth-order valence-corrected chi connectivity index (χ4v) is 2.37. The number of nitrogens with two attached hydrogens (primary N) is 1. The van der Waals surface area contributed by atoms with E-state index in [4.69, 9.17) is 15.2 Å². The molecule has 16 heavy (non-hydrogen) atoms. The van der Waals surface area contributed by atoms with Crippen LogP contribution in [0.4, 0.5) is 0 Å². The van der Waals surface area contributed by atoms with Crippen molar-refractivity contribution in [3.8, 4) is 11.5 Å². The van der Waals surface area contributed by atoms with Crippen molar-refractivity contribution >= 4 is 15.9 Å². The van der Waals surface area contributed by atoms with Gasteiger partial charge in [-0.05, 0) is 46.9 Å². The molecule has 0 atom stereocenters. The molecule has 1 aliphatic heterocycles. The molecule has 4 heteroatoms. The Morgan fingerprint density at radius 3 is 2.88 bits per heavy atom. The topological polar surface area (TPSA) is 44.5 Å². The first-order valence-electron chi connectivity index (χ1n) is 5.60. The van der Waals surface area contributed by atoms with Gasteiger partial charge in [0.2, 0.25) is 0 Å². The molecule has 1 aliphatic rings. The van der Waals surface area contributed by atoms with E-state index in [1.54, 1.807) is 0 Å². The quantitative estimate of drug-likeness (QED) is 0.928. The van der Waals surface area contributed by atoms with Crippen molar-refractivity contribution in [2.24, 2.45) is 5.73 Å². The summed E-state index contributed by atoms with van der Waals surface area (Å²) in [6.07, 6.45) is 2.88. The minimum absolute atomic E-state index is 0.709. The molecule has 0 aromatic heterocycles. The van der Waals surface area contributed by atoms with Crippen molar-refractivity contribution in [2.75, 3.05) is 19.8 Å². The lowest BCUT2D eigenvalue weighted by molar-refractivity contribution is 0.296. The third-order valence-corrected chi connectivity index (χ3v) is 3.45. The number of halogens is 1. The molecule has 0 unspecified atom stereocenters. The maximum Gasteiger partial charge on any atom is 0.175 e. The summed E-state index contributed by atoms with van der Waals surface area (Å²) in [6, 6.07) is 4.06. The maximum atomic E-state index is 5.70. The highest BCUT2D eigenvalue weighted by atomic mass is 79.9. The van der Waals surface area contributed by atoms with E-state index in [9.17, 15) is 0 Å². The van der Waals surface area contributed by atoms with Crippen molar-refractivity contribution in [3.05, 3.63) is 22.2 Å². The zero-order valence-corrected chi connectivity index (χ0v) is 10.8. The van der Waals surface area contributed by atoms with E-state index in [2.05, 4.69) is 22.0 Å². The molecule has 0 amide bonds. The molecule has 3 nitrogen and oxygen atoms in total. The average Bonchev–Trinajstić information content (AvgIpc) is 2.54. The van der Waals surface area contributed by atoms with Gasteiger partial charge in [0.1, 0.15) is 0 Å². The molecule has 0 bridgehead atoms. The molecule has 0 aliphatic carbocycles. The lowest BCUT2D eigenvalue weighted by Crippen LogP contribution is -2.02. The van der Waals surface area contributed by atoms with Gasteiger partial charge in [-0.2, -0.15) is 0 Å². The largest absolute Gasteiger partial charge is 0.490 e. The van der Waals surface area contributed by atoms with Crippen LogP contribution in [0.2, 0.25) is 0 Å². The molecular weight excluding hydrogens is 270 g/mol. The van der Waals surface area contributed by atoms with Crippen LogP contribution in [0.3, 0.4) is 0 Å². The van der Waals surface area contributed by atoms with E-state index in [0.717, 1.165) is 41.8 Å². The summed E-state index contributed by atoms with van der Waals surface area (Å²) in [6.45, 7) is 2.15. The Bertz CT molecular complexity index is 368. The van der Waals surface area contributed by atoms with Gasteiger partial charge >= 0.3 is 0 Å². The number of benzene rings is 1. The van der Waals surface area contributed by atoms with Crippen LogP contribution in [0.25, 0.3) is 0 Å². The molecule has 0 saturated carbocycles. The van der Waals surface area contributed by atoms with Gasteiger partial charge in [0, 0.05) is 6.42 Å². The first kappa shape index (κ1) is 11.7. The van der Waals surface area contributed by atoms with Crippen molar-refractivity contribution in [1.82, 2.24) is 0 Å². The molecule has 0 radical (unpaired) electrons. The lowest BCUT2D eigenvalue weighted by atomic mass is 10.1. The Kier molecular flexibility index (Phi) is 4.07. The smallest absolute Gasteiger partial charge is 0.175 e. The summed E-state index contributed by atoms with van der Waals surface area (Å²) < 4.78 is 12.3. The van der Waals surface area contributed by atoms with Gasteiger partial charge in [-0.1, -0.05) is 6.07 Å². The molecule has 1 heterocycles. The molecular formula is C12H16BrNO2. The average molecular weight is 286 g/mol. The number of aryl methyl sites for hydroxylation is 1. The molecule has 1 aromatic carbocycles. The standard InChI is InChI=1S/C12H16BrNO2/c13-11-9(3-1-6-14)4-5-10-12(11)16-8-2-7-15-10/h4-5H,1-3,6-8,14H2. The van der Waals surface area contributed by atoms with Crippen LogP contribution in [-0.4, -0.2) is 19.8 Å². The van der Waals surface area contributed by atoms with Gasteiger partial charge in [0.25, 0.3) is 0 Å². The van der Waals surface area contributed by atoms with Gasteiger partial charge in [-0.25, -0.2) is 0 Å². The SMILES string of the molecule is NCCCc1ccc2c(c1Br)OCCCO2. The van der Waals surface area contributed by atoms with Crippen molar-refractivity contribution in [1.29, 1.82) is 0 Å². The monoisotopic (exact) mass is 285 g/mol. The van der Waals surface area contributed by atoms with Crippen molar-refractivity contribution < 1.29 is 9.47 Å². The van der Waals surface area contributed by atoms with Crippen LogP contribution in [0.5, 0.6) is 11.5 Å². The summed E-state index contributed by atoms with van der Waals surface area (Å²) in [5.41, 5.74) is 6.75. The van der Waals surface area contributed by atoms with Gasteiger partial charge in [-0.15, -0.1) is 0 Å². The summed E-state index contributed by atoms with van der Waals surface area (Å²) in [5, 5.41) is 0. The number of ether oxygens (including phenoxy) is 2. The Morgan fingerprint density at radius 2 is 2.06 bits per heavy atom. The first-order valence-corrected chi connectivity index (χ1v) is 6.39. The molecule has 1 aromatic rings. The summed E-state index contributed by atoms with van der Waals surface area (Å²) >= 11 is 3.59. The second kappa shape index (κ2) is 5.55. The summed E-state index contributed by atoms with van der Waals surface area (Å²) in [7, 11) is 0. The van der Waals surface area contributed by atoms with Gasteiger partial charge in [0.05, 0.1) is 17.7 Å². The number of hydrogen-bond acceptors (Lipinski definition) is 3. The third-order valence-electron chi connectivity index (χ3n) is 2.58. The highest BCUT2D eigenvalue weighted by molar-refractivity contribution is 9.10. The Hall–Kier alpha value is -0.740. The molecule has 88 valence electrons. The summed E-state index contributed by atoms with van der Waals surface area (Å²) in [5.74, 6) is 1.67. The normalized spacial score (nSPS) is 14.6. The number of fused-ring (bicyclic) bond motifs is 1. The number of hydrogen-bond donors (Lipinski definition) is 1. The predicted molar refractivity (Wildman–Crippen MR) is 67.1 cm³/mol. The van der Waals surface area contributed by atoms with E-state index in [0.29, 0.717) is 13.2 Å². The van der Waals surface area contributed by atoms with E-state index in [1.165, 1.54) is 5.56 Å². The molecule has 0 fully saturated rings. The highest BCUT2D eigenvalue weighted by Crippen LogP contribution is 2.39. The summed E-state index contributed by atoms with van der Waals surface area (Å²) in [4.78, 5) is 0. The maximum absolute atomic E-state index is 5.70. The zero-order chi connectivity index (χ0) is 11.4. The zero-order valence-electron chi connectivity index (χ0n) is 9.17. The molecule has 2 N–H and O–H groups in total. The second-order valence-corrected chi connectivity index (χ2v) is 4.60. The van der Waals surface area contributed by atoms with Crippen LogP contribution in [0.15, 0.2) is 16.6 Å². The van der Waals surface area contributed by atoms with Crippen LogP contribution in [0.1, 0.15) is 18.4 Å². The minimum Gasteiger partial charge on any atom is -0.490 e. The number of rotatable bonds is 3. The lowest BCUT2D eigenvalue weighted by Gasteiger charge is -2.12. The predicted octanol–water partition coefficient (Wildman–Crippen LogP) is 2.50. The highest BCUT2D eigenvalue weighted by Gasteiger charge is 2.16. The van der Waals surface area contributed by atoms with Crippen LogP contribution in [0, 0.1) is 0 Å². The van der Waals surface area contributed by atoms with Gasteiger partial charge in [-0.3, -0.25) is 0 Å². The second-order valence-electron chi connectivity index (χ2n) is 3.81. The van der Waals surface area contributed by atoms with Crippen LogP contribution in [-0.2, 0) is 6.42 Å². The minimum atomic E-state index is 0.709. The van der Waals surface area contributed by atoms with E-state index in [1.807, 2.05) is 6.07 Å². The Balaban J connectivity index is 2.26. The molecule has 0 spiro atoms. The molecule has 0 saturated heterocycles. The van der Waals surface area contributed by atoms with E-state index in [-0.39, 0.29) is 0 Å². The third kappa shape index (κ3) is 2.50. The van der Waals surface area contributed by atoms with Crippen molar-refractivity contribution in [2.45, 2.75) is 19.3 Å². The van der Waals surface area contributed by atoms with E-state index >= 15 is 0 Å². The van der Waals surface area contributed by atoms with E-state index < -0.39 is 0 Å². The van der Waals surface area contributed by atoms with Gasteiger partial charge in [0.15, 0.2) is 11.5 Å². The fourth-order valence-electron chi connectivity index (χ4n) is 1.73. The molecule has 2 rings (SSSR count). The fraction of sp³-hybridized carbons (Fsp3) is 0.500. The Morgan fingerprint density at radius 1 is 1.25 bits per heavy atom. The Labute approximate surface area is 104 Å². The van der Waals surface area contributed by atoms with Crippen molar-refractivity contribution in [3.63, 3.8) is 0 Å². The van der Waals surface area contributed by atoms with Crippen LogP contribution < -0.4 is 15.2 Å². The first-order chi connectivity index (χ1) is 7.83.